The van der Waals surface area contributed by atoms with Gasteiger partial charge in [0.15, 0.2) is 0 Å². The van der Waals surface area contributed by atoms with Crippen LogP contribution in [-0.2, 0) is 4.79 Å². The van der Waals surface area contributed by atoms with Gasteiger partial charge in [-0.25, -0.2) is 0 Å². The van der Waals surface area contributed by atoms with Gasteiger partial charge in [-0.1, -0.05) is 23.7 Å². The van der Waals surface area contributed by atoms with Crippen molar-refractivity contribution >= 4 is 35.6 Å². The van der Waals surface area contributed by atoms with E-state index in [2.05, 4.69) is 15.5 Å². The first-order valence-electron chi connectivity index (χ1n) is 8.71. The molecule has 2 fully saturated rings. The molecule has 3 rings (SSSR count). The summed E-state index contributed by atoms with van der Waals surface area (Å²) >= 11 is 6.06. The van der Waals surface area contributed by atoms with Gasteiger partial charge in [-0.2, -0.15) is 0 Å². The van der Waals surface area contributed by atoms with E-state index in [0.29, 0.717) is 23.2 Å². The maximum atomic E-state index is 12.0. The fourth-order valence-corrected chi connectivity index (χ4v) is 3.23. The van der Waals surface area contributed by atoms with Gasteiger partial charge >= 0.3 is 0 Å². The normalized spacial score (nSPS) is 18.9. The molecule has 1 heterocycles. The molecule has 0 spiro atoms. The SMILES string of the molecule is Cl.O=C(CCN1CCC(NCC2CC2)CC1)Nc1ccccc1Cl. The number of carbonyl (C=O) groups excluding carboxylic acids is 1. The highest BCUT2D eigenvalue weighted by Gasteiger charge is 2.24. The molecule has 134 valence electrons. The van der Waals surface area contributed by atoms with Gasteiger partial charge in [0.05, 0.1) is 10.7 Å². The van der Waals surface area contributed by atoms with Gasteiger partial charge in [0.2, 0.25) is 5.91 Å². The minimum atomic E-state index is 0. The molecule has 1 aliphatic heterocycles. The molecule has 0 unspecified atom stereocenters. The van der Waals surface area contributed by atoms with Crippen LogP contribution in [0.25, 0.3) is 0 Å². The Morgan fingerprint density at radius 3 is 2.54 bits per heavy atom. The second-order valence-electron chi connectivity index (χ2n) is 6.75. The fourth-order valence-electron chi connectivity index (χ4n) is 3.05. The Bertz CT molecular complexity index is 529. The number of nitrogens with zero attached hydrogens (tertiary/aromatic N) is 1. The average molecular weight is 372 g/mol. The van der Waals surface area contributed by atoms with Crippen molar-refractivity contribution in [3.05, 3.63) is 29.3 Å². The summed E-state index contributed by atoms with van der Waals surface area (Å²) in [5, 5.41) is 7.16. The van der Waals surface area contributed by atoms with Crippen molar-refractivity contribution in [1.82, 2.24) is 10.2 Å². The van der Waals surface area contributed by atoms with E-state index >= 15 is 0 Å². The molecule has 0 aromatic heterocycles. The Morgan fingerprint density at radius 2 is 1.88 bits per heavy atom. The number of anilines is 1. The van der Waals surface area contributed by atoms with Gasteiger partial charge in [0.1, 0.15) is 0 Å². The Balaban J connectivity index is 0.00000208. The van der Waals surface area contributed by atoms with Crippen molar-refractivity contribution in [2.24, 2.45) is 5.92 Å². The minimum absolute atomic E-state index is 0. The van der Waals surface area contributed by atoms with Crippen LogP contribution in [0.1, 0.15) is 32.1 Å². The van der Waals surface area contributed by atoms with Crippen LogP contribution in [0.3, 0.4) is 0 Å². The van der Waals surface area contributed by atoms with Crippen LogP contribution in [0.4, 0.5) is 5.69 Å². The van der Waals surface area contributed by atoms with E-state index in [1.165, 1.54) is 32.2 Å². The predicted molar refractivity (Wildman–Crippen MR) is 102 cm³/mol. The number of amides is 1. The Kier molecular flexibility index (Phi) is 7.82. The standard InChI is InChI=1S/C18H26ClN3O.ClH/c19-16-3-1-2-4-17(16)21-18(23)9-12-22-10-7-15(8-11-22)20-13-14-5-6-14;/h1-4,14-15,20H,5-13H2,(H,21,23);1H. The van der Waals surface area contributed by atoms with Crippen molar-refractivity contribution < 1.29 is 4.79 Å². The summed E-state index contributed by atoms with van der Waals surface area (Å²) in [6, 6.07) is 8.03. The molecule has 0 atom stereocenters. The van der Waals surface area contributed by atoms with Crippen molar-refractivity contribution in [2.75, 3.05) is 31.5 Å². The monoisotopic (exact) mass is 371 g/mol. The van der Waals surface area contributed by atoms with Gasteiger partial charge in [-0.05, 0) is 63.4 Å². The largest absolute Gasteiger partial charge is 0.325 e. The number of piperidine rings is 1. The Hall–Kier alpha value is -0.810. The quantitative estimate of drug-likeness (QED) is 0.769. The van der Waals surface area contributed by atoms with Crippen molar-refractivity contribution in [3.63, 3.8) is 0 Å². The third kappa shape index (κ3) is 6.25. The fraction of sp³-hybridized carbons (Fsp3) is 0.611. The molecule has 1 aromatic carbocycles. The maximum Gasteiger partial charge on any atom is 0.225 e. The lowest BCUT2D eigenvalue weighted by Gasteiger charge is -2.32. The number of benzene rings is 1. The number of likely N-dealkylation sites (tertiary alicyclic amines) is 1. The van der Waals surface area contributed by atoms with Crippen LogP contribution in [0, 0.1) is 5.92 Å². The molecule has 2 aliphatic rings. The number of hydrogen-bond acceptors (Lipinski definition) is 3. The lowest BCUT2D eigenvalue weighted by molar-refractivity contribution is -0.116. The number of hydrogen-bond donors (Lipinski definition) is 2. The van der Waals surface area contributed by atoms with Crippen LogP contribution in [0.2, 0.25) is 5.02 Å². The van der Waals surface area contributed by atoms with Crippen molar-refractivity contribution in [2.45, 2.75) is 38.1 Å². The van der Waals surface area contributed by atoms with Gasteiger partial charge in [0.25, 0.3) is 0 Å². The minimum Gasteiger partial charge on any atom is -0.325 e. The molecule has 4 nitrogen and oxygen atoms in total. The summed E-state index contributed by atoms with van der Waals surface area (Å²) in [6.07, 6.45) is 5.72. The van der Waals surface area contributed by atoms with E-state index in [1.807, 2.05) is 18.2 Å². The van der Waals surface area contributed by atoms with E-state index in [-0.39, 0.29) is 18.3 Å². The third-order valence-corrected chi connectivity index (χ3v) is 5.11. The van der Waals surface area contributed by atoms with Crippen molar-refractivity contribution in [3.8, 4) is 0 Å². The van der Waals surface area contributed by atoms with Crippen molar-refractivity contribution in [1.29, 1.82) is 0 Å². The second kappa shape index (κ2) is 9.62. The highest BCUT2D eigenvalue weighted by Crippen LogP contribution is 2.28. The van der Waals surface area contributed by atoms with E-state index in [0.717, 1.165) is 25.6 Å². The zero-order chi connectivity index (χ0) is 16.1. The lowest BCUT2D eigenvalue weighted by Crippen LogP contribution is -2.43. The molecule has 1 aliphatic carbocycles. The summed E-state index contributed by atoms with van der Waals surface area (Å²) < 4.78 is 0. The van der Waals surface area contributed by atoms with Crippen LogP contribution in [-0.4, -0.2) is 43.0 Å². The summed E-state index contributed by atoms with van der Waals surface area (Å²) in [5.74, 6) is 0.980. The molecule has 1 saturated carbocycles. The van der Waals surface area contributed by atoms with Crippen LogP contribution < -0.4 is 10.6 Å². The van der Waals surface area contributed by atoms with Crippen LogP contribution >= 0.6 is 24.0 Å². The van der Waals surface area contributed by atoms with E-state index in [4.69, 9.17) is 11.6 Å². The van der Waals surface area contributed by atoms with E-state index < -0.39 is 0 Å². The van der Waals surface area contributed by atoms with Crippen LogP contribution in [0.15, 0.2) is 24.3 Å². The lowest BCUT2D eigenvalue weighted by atomic mass is 10.0. The third-order valence-electron chi connectivity index (χ3n) is 4.78. The summed E-state index contributed by atoms with van der Waals surface area (Å²) in [5.41, 5.74) is 0.696. The molecule has 2 N–H and O–H groups in total. The number of carbonyl (C=O) groups is 1. The number of nitrogens with one attached hydrogen (secondary N) is 2. The number of halogens is 2. The molecule has 1 amide bonds. The molecule has 6 heteroatoms. The molecular formula is C18H27Cl2N3O. The summed E-state index contributed by atoms with van der Waals surface area (Å²) in [6.45, 7) is 4.19. The zero-order valence-corrected chi connectivity index (χ0v) is 15.5. The highest BCUT2D eigenvalue weighted by molar-refractivity contribution is 6.33. The molecule has 0 bridgehead atoms. The number of para-hydroxylation sites is 1. The first-order valence-corrected chi connectivity index (χ1v) is 9.08. The van der Waals surface area contributed by atoms with Gasteiger partial charge in [-0.15, -0.1) is 12.4 Å². The molecule has 0 radical (unpaired) electrons. The first-order chi connectivity index (χ1) is 11.2. The van der Waals surface area contributed by atoms with E-state index in [1.54, 1.807) is 6.07 Å². The number of rotatable bonds is 7. The first kappa shape index (κ1) is 19.5. The smallest absolute Gasteiger partial charge is 0.225 e. The highest BCUT2D eigenvalue weighted by atomic mass is 35.5. The maximum absolute atomic E-state index is 12.0. The van der Waals surface area contributed by atoms with Gasteiger partial charge in [-0.3, -0.25) is 4.79 Å². The van der Waals surface area contributed by atoms with Gasteiger partial charge in [0, 0.05) is 19.0 Å². The second-order valence-corrected chi connectivity index (χ2v) is 7.15. The summed E-state index contributed by atoms with van der Waals surface area (Å²) in [4.78, 5) is 14.4. The molecule has 1 saturated heterocycles. The molecular weight excluding hydrogens is 345 g/mol. The average Bonchev–Trinajstić information content (AvgIpc) is 3.38. The van der Waals surface area contributed by atoms with Gasteiger partial charge < -0.3 is 15.5 Å². The Labute approximate surface area is 155 Å². The topological polar surface area (TPSA) is 44.4 Å². The Morgan fingerprint density at radius 1 is 1.17 bits per heavy atom. The predicted octanol–water partition coefficient (Wildman–Crippen LogP) is 3.55. The summed E-state index contributed by atoms with van der Waals surface area (Å²) in [7, 11) is 0. The molecule has 1 aromatic rings. The zero-order valence-electron chi connectivity index (χ0n) is 14.0. The van der Waals surface area contributed by atoms with E-state index in [9.17, 15) is 4.79 Å². The van der Waals surface area contributed by atoms with Crippen LogP contribution in [0.5, 0.6) is 0 Å². The molecule has 24 heavy (non-hydrogen) atoms.